The molecule has 1 saturated heterocycles. The highest BCUT2D eigenvalue weighted by Gasteiger charge is 2.27. The fraction of sp³-hybridized carbons (Fsp3) is 1.00. The van der Waals surface area contributed by atoms with Gasteiger partial charge >= 0.3 is 0 Å². The van der Waals surface area contributed by atoms with Crippen LogP contribution in [0, 0.1) is 5.92 Å². The van der Waals surface area contributed by atoms with Crippen LogP contribution in [0.5, 0.6) is 0 Å². The SMILES string of the molecule is CCN(CC)C(CN)C1CCSC1. The van der Waals surface area contributed by atoms with Gasteiger partial charge in [-0.25, -0.2) is 0 Å². The summed E-state index contributed by atoms with van der Waals surface area (Å²) in [6.45, 7) is 7.56. The van der Waals surface area contributed by atoms with E-state index in [1.54, 1.807) is 0 Å². The zero-order valence-corrected chi connectivity index (χ0v) is 9.65. The van der Waals surface area contributed by atoms with Crippen LogP contribution in [0.4, 0.5) is 0 Å². The van der Waals surface area contributed by atoms with E-state index in [-0.39, 0.29) is 0 Å². The van der Waals surface area contributed by atoms with Gasteiger partial charge in [0.25, 0.3) is 0 Å². The molecule has 2 N–H and O–H groups in total. The van der Waals surface area contributed by atoms with E-state index in [9.17, 15) is 0 Å². The van der Waals surface area contributed by atoms with E-state index in [2.05, 4.69) is 30.5 Å². The predicted molar refractivity (Wildman–Crippen MR) is 61.2 cm³/mol. The Hall–Kier alpha value is 0.270. The minimum absolute atomic E-state index is 0.630. The minimum atomic E-state index is 0.630. The average Bonchev–Trinajstić information content (AvgIpc) is 2.66. The quantitative estimate of drug-likeness (QED) is 0.731. The number of likely N-dealkylation sites (N-methyl/N-ethyl adjacent to an activating group) is 1. The van der Waals surface area contributed by atoms with Crippen LogP contribution >= 0.6 is 11.8 Å². The normalized spacial score (nSPS) is 25.4. The second-order valence-electron chi connectivity index (χ2n) is 3.65. The number of nitrogens with zero attached hydrogens (tertiary/aromatic N) is 1. The van der Waals surface area contributed by atoms with E-state index < -0.39 is 0 Å². The van der Waals surface area contributed by atoms with Gasteiger partial charge in [0.2, 0.25) is 0 Å². The van der Waals surface area contributed by atoms with Gasteiger partial charge in [-0.1, -0.05) is 13.8 Å². The molecule has 0 saturated carbocycles. The second kappa shape index (κ2) is 5.89. The van der Waals surface area contributed by atoms with Crippen LogP contribution in [-0.2, 0) is 0 Å². The molecule has 1 heterocycles. The third-order valence-corrected chi connectivity index (χ3v) is 4.22. The number of hydrogen-bond acceptors (Lipinski definition) is 3. The fourth-order valence-electron chi connectivity index (χ4n) is 2.19. The van der Waals surface area contributed by atoms with Crippen molar-refractivity contribution in [1.82, 2.24) is 4.90 Å². The number of rotatable bonds is 5. The molecular weight excluding hydrogens is 180 g/mol. The minimum Gasteiger partial charge on any atom is -0.329 e. The number of hydrogen-bond donors (Lipinski definition) is 1. The van der Waals surface area contributed by atoms with Gasteiger partial charge in [0, 0.05) is 12.6 Å². The van der Waals surface area contributed by atoms with Crippen molar-refractivity contribution < 1.29 is 0 Å². The number of nitrogens with two attached hydrogens (primary N) is 1. The van der Waals surface area contributed by atoms with Gasteiger partial charge in [0.1, 0.15) is 0 Å². The van der Waals surface area contributed by atoms with Gasteiger partial charge in [-0.05, 0) is 36.9 Å². The zero-order chi connectivity index (χ0) is 9.68. The Kier molecular flexibility index (Phi) is 5.14. The summed E-state index contributed by atoms with van der Waals surface area (Å²) in [5.74, 6) is 3.50. The van der Waals surface area contributed by atoms with Crippen molar-refractivity contribution in [3.8, 4) is 0 Å². The van der Waals surface area contributed by atoms with Crippen molar-refractivity contribution in [3.63, 3.8) is 0 Å². The molecule has 0 amide bonds. The standard InChI is InChI=1S/C10H22N2S/c1-3-12(4-2)10(7-11)9-5-6-13-8-9/h9-10H,3-8,11H2,1-2H3. The predicted octanol–water partition coefficient (Wildman–Crippen LogP) is 1.41. The topological polar surface area (TPSA) is 29.3 Å². The molecule has 0 aliphatic carbocycles. The van der Waals surface area contributed by atoms with Gasteiger partial charge in [-0.3, -0.25) is 4.90 Å². The smallest absolute Gasteiger partial charge is 0.0254 e. The Bertz CT molecular complexity index is 129. The highest BCUT2D eigenvalue weighted by atomic mass is 32.2. The summed E-state index contributed by atoms with van der Waals surface area (Å²) < 4.78 is 0. The van der Waals surface area contributed by atoms with E-state index in [0.29, 0.717) is 6.04 Å². The lowest BCUT2D eigenvalue weighted by atomic mass is 9.97. The molecule has 0 aromatic rings. The molecule has 2 atom stereocenters. The molecule has 0 spiro atoms. The lowest BCUT2D eigenvalue weighted by Gasteiger charge is -2.32. The average molecular weight is 202 g/mol. The first kappa shape index (κ1) is 11.3. The Morgan fingerprint density at radius 3 is 2.54 bits per heavy atom. The Morgan fingerprint density at radius 2 is 2.15 bits per heavy atom. The second-order valence-corrected chi connectivity index (χ2v) is 4.80. The molecule has 2 nitrogen and oxygen atoms in total. The highest BCUT2D eigenvalue weighted by molar-refractivity contribution is 7.99. The molecule has 1 aliphatic heterocycles. The maximum absolute atomic E-state index is 5.85. The molecule has 78 valence electrons. The summed E-state index contributed by atoms with van der Waals surface area (Å²) in [5.41, 5.74) is 5.85. The van der Waals surface area contributed by atoms with Crippen LogP contribution < -0.4 is 5.73 Å². The van der Waals surface area contributed by atoms with Gasteiger partial charge < -0.3 is 5.73 Å². The van der Waals surface area contributed by atoms with Crippen molar-refractivity contribution >= 4 is 11.8 Å². The summed E-state index contributed by atoms with van der Waals surface area (Å²) in [4.78, 5) is 2.51. The van der Waals surface area contributed by atoms with Crippen molar-refractivity contribution in [2.75, 3.05) is 31.1 Å². The van der Waals surface area contributed by atoms with E-state index in [4.69, 9.17) is 5.73 Å². The fourth-order valence-corrected chi connectivity index (χ4v) is 3.52. The monoisotopic (exact) mass is 202 g/mol. The van der Waals surface area contributed by atoms with Gasteiger partial charge in [-0.2, -0.15) is 11.8 Å². The van der Waals surface area contributed by atoms with E-state index in [1.807, 2.05) is 0 Å². The van der Waals surface area contributed by atoms with Crippen molar-refractivity contribution in [2.24, 2.45) is 11.7 Å². The lowest BCUT2D eigenvalue weighted by Crippen LogP contribution is -2.45. The summed E-state index contributed by atoms with van der Waals surface area (Å²) in [5, 5.41) is 0. The van der Waals surface area contributed by atoms with Gasteiger partial charge in [-0.15, -0.1) is 0 Å². The van der Waals surface area contributed by atoms with E-state index in [1.165, 1.54) is 17.9 Å². The molecule has 3 heteroatoms. The van der Waals surface area contributed by atoms with Crippen LogP contribution in [0.15, 0.2) is 0 Å². The maximum atomic E-state index is 5.85. The lowest BCUT2D eigenvalue weighted by molar-refractivity contribution is 0.171. The Balaban J connectivity index is 2.48. The van der Waals surface area contributed by atoms with Crippen LogP contribution in [0.3, 0.4) is 0 Å². The van der Waals surface area contributed by atoms with E-state index >= 15 is 0 Å². The van der Waals surface area contributed by atoms with E-state index in [0.717, 1.165) is 25.6 Å². The van der Waals surface area contributed by atoms with Crippen LogP contribution in [0.25, 0.3) is 0 Å². The zero-order valence-electron chi connectivity index (χ0n) is 8.83. The molecule has 0 aromatic carbocycles. The van der Waals surface area contributed by atoms with Crippen LogP contribution in [0.1, 0.15) is 20.3 Å². The third kappa shape index (κ3) is 2.86. The summed E-state index contributed by atoms with van der Waals surface area (Å²) in [7, 11) is 0. The molecule has 1 aliphatic rings. The molecule has 1 rings (SSSR count). The molecule has 0 aromatic heterocycles. The molecule has 1 fully saturated rings. The first-order valence-electron chi connectivity index (χ1n) is 5.35. The summed E-state index contributed by atoms with van der Waals surface area (Å²) in [6.07, 6.45) is 1.36. The Labute approximate surface area is 86.2 Å². The highest BCUT2D eigenvalue weighted by Crippen LogP contribution is 2.28. The maximum Gasteiger partial charge on any atom is 0.0254 e. The van der Waals surface area contributed by atoms with Crippen molar-refractivity contribution in [2.45, 2.75) is 26.3 Å². The third-order valence-electron chi connectivity index (χ3n) is 3.03. The van der Waals surface area contributed by atoms with Crippen molar-refractivity contribution in [3.05, 3.63) is 0 Å². The molecule has 0 radical (unpaired) electrons. The largest absolute Gasteiger partial charge is 0.329 e. The first-order valence-corrected chi connectivity index (χ1v) is 6.50. The van der Waals surface area contributed by atoms with Crippen molar-refractivity contribution in [1.29, 1.82) is 0 Å². The summed E-state index contributed by atoms with van der Waals surface area (Å²) >= 11 is 2.08. The summed E-state index contributed by atoms with van der Waals surface area (Å²) in [6, 6.07) is 0.630. The van der Waals surface area contributed by atoms with Crippen LogP contribution in [0.2, 0.25) is 0 Å². The van der Waals surface area contributed by atoms with Gasteiger partial charge in [0.05, 0.1) is 0 Å². The molecule has 2 unspecified atom stereocenters. The Morgan fingerprint density at radius 1 is 1.46 bits per heavy atom. The van der Waals surface area contributed by atoms with Gasteiger partial charge in [0.15, 0.2) is 0 Å². The van der Waals surface area contributed by atoms with Crippen LogP contribution in [-0.4, -0.2) is 42.1 Å². The molecular formula is C10H22N2S. The first-order chi connectivity index (χ1) is 6.33. The molecule has 0 bridgehead atoms. The number of thioether (sulfide) groups is 1. The molecule has 13 heavy (non-hydrogen) atoms.